The lowest BCUT2D eigenvalue weighted by molar-refractivity contribution is 0.284. The largest absolute Gasteiger partial charge is 0.493 e. The van der Waals surface area contributed by atoms with Gasteiger partial charge in [-0.25, -0.2) is 4.98 Å². The van der Waals surface area contributed by atoms with Crippen LogP contribution in [0.15, 0.2) is 77.9 Å². The maximum Gasteiger partial charge on any atom is 0.204 e. The highest BCUT2D eigenvalue weighted by molar-refractivity contribution is 7.15. The number of aryl methyl sites for hydroxylation is 2. The number of ether oxygens (including phenoxy) is 2. The van der Waals surface area contributed by atoms with Gasteiger partial charge in [-0.3, -0.25) is 5.43 Å². The lowest BCUT2D eigenvalue weighted by Crippen LogP contribution is -2.01. The molecule has 6 heteroatoms. The highest BCUT2D eigenvalue weighted by Crippen LogP contribution is 2.32. The number of nitrogens with one attached hydrogen (secondary N) is 1. The van der Waals surface area contributed by atoms with Gasteiger partial charge >= 0.3 is 0 Å². The van der Waals surface area contributed by atoms with Crippen LogP contribution in [-0.2, 0) is 6.61 Å². The molecule has 0 unspecified atom stereocenters. The van der Waals surface area contributed by atoms with Crippen molar-refractivity contribution in [3.05, 3.63) is 94.4 Å². The van der Waals surface area contributed by atoms with Crippen LogP contribution in [0, 0.1) is 13.8 Å². The number of nitrogens with zero attached hydrogens (tertiary/aromatic N) is 2. The van der Waals surface area contributed by atoms with Gasteiger partial charge in [0.2, 0.25) is 5.13 Å². The summed E-state index contributed by atoms with van der Waals surface area (Å²) in [6, 6.07) is 24.2. The quantitative estimate of drug-likeness (QED) is 0.251. The number of thiazole rings is 1. The Morgan fingerprint density at radius 2 is 1.81 bits per heavy atom. The molecule has 0 atom stereocenters. The van der Waals surface area contributed by atoms with Crippen molar-refractivity contribution in [2.24, 2.45) is 5.10 Å². The van der Waals surface area contributed by atoms with E-state index in [1.807, 2.05) is 48.5 Å². The first-order valence-corrected chi connectivity index (χ1v) is 11.1. The van der Waals surface area contributed by atoms with Crippen molar-refractivity contribution in [2.45, 2.75) is 20.5 Å². The van der Waals surface area contributed by atoms with Gasteiger partial charge in [-0.1, -0.05) is 66.2 Å². The first kappa shape index (κ1) is 21.6. The van der Waals surface area contributed by atoms with Crippen molar-refractivity contribution >= 4 is 22.7 Å². The van der Waals surface area contributed by atoms with Gasteiger partial charge < -0.3 is 9.47 Å². The van der Waals surface area contributed by atoms with Crippen LogP contribution in [0.5, 0.6) is 11.5 Å². The number of anilines is 1. The van der Waals surface area contributed by atoms with E-state index < -0.39 is 0 Å². The molecule has 4 aromatic rings. The summed E-state index contributed by atoms with van der Waals surface area (Å²) >= 11 is 1.57. The molecule has 0 radical (unpaired) electrons. The molecular weight excluding hydrogens is 418 g/mol. The summed E-state index contributed by atoms with van der Waals surface area (Å²) in [5.41, 5.74) is 8.24. The molecule has 3 aromatic carbocycles. The van der Waals surface area contributed by atoms with E-state index in [0.717, 1.165) is 32.4 Å². The minimum Gasteiger partial charge on any atom is -0.493 e. The minimum absolute atomic E-state index is 0.447. The molecule has 0 saturated carbocycles. The lowest BCUT2D eigenvalue weighted by Gasteiger charge is -2.13. The first-order chi connectivity index (χ1) is 15.6. The smallest absolute Gasteiger partial charge is 0.204 e. The Hall–Kier alpha value is -3.64. The normalized spacial score (nSPS) is 11.0. The Morgan fingerprint density at radius 1 is 1.00 bits per heavy atom. The molecule has 0 aliphatic carbocycles. The second-order valence-corrected chi connectivity index (χ2v) is 8.52. The van der Waals surface area contributed by atoms with Crippen LogP contribution in [0.3, 0.4) is 0 Å². The van der Waals surface area contributed by atoms with Crippen molar-refractivity contribution in [1.82, 2.24) is 4.98 Å². The fourth-order valence-electron chi connectivity index (χ4n) is 3.37. The fourth-order valence-corrected chi connectivity index (χ4v) is 4.16. The van der Waals surface area contributed by atoms with Crippen molar-refractivity contribution < 1.29 is 9.47 Å². The molecule has 162 valence electrons. The van der Waals surface area contributed by atoms with E-state index in [-0.39, 0.29) is 0 Å². The van der Waals surface area contributed by atoms with Gasteiger partial charge in [0.05, 0.1) is 19.0 Å². The molecule has 0 fully saturated rings. The molecule has 0 bridgehead atoms. The number of hydrogen-bond acceptors (Lipinski definition) is 6. The van der Waals surface area contributed by atoms with E-state index in [4.69, 9.17) is 9.47 Å². The van der Waals surface area contributed by atoms with E-state index in [0.29, 0.717) is 18.1 Å². The van der Waals surface area contributed by atoms with Crippen molar-refractivity contribution in [2.75, 3.05) is 12.5 Å². The Kier molecular flexibility index (Phi) is 6.82. The van der Waals surface area contributed by atoms with Crippen molar-refractivity contribution in [1.29, 1.82) is 0 Å². The molecule has 1 aromatic heterocycles. The zero-order chi connectivity index (χ0) is 22.3. The maximum atomic E-state index is 6.13. The number of hydrogen-bond donors (Lipinski definition) is 1. The summed E-state index contributed by atoms with van der Waals surface area (Å²) in [5, 5.41) is 5.14. The third-order valence-electron chi connectivity index (χ3n) is 4.90. The molecule has 0 amide bonds. The molecule has 0 aliphatic rings. The third-order valence-corrected chi connectivity index (χ3v) is 5.78. The van der Waals surface area contributed by atoms with Gasteiger partial charge in [0.15, 0.2) is 11.5 Å². The maximum absolute atomic E-state index is 6.13. The summed E-state index contributed by atoms with van der Waals surface area (Å²) in [6.07, 6.45) is 1.73. The topological polar surface area (TPSA) is 55.7 Å². The molecule has 5 nitrogen and oxygen atoms in total. The average molecular weight is 444 g/mol. The lowest BCUT2D eigenvalue weighted by atomic mass is 10.1. The van der Waals surface area contributed by atoms with E-state index in [2.05, 4.69) is 53.6 Å². The number of methoxy groups -OCH3 is 1. The van der Waals surface area contributed by atoms with Crippen LogP contribution < -0.4 is 14.9 Å². The third kappa shape index (κ3) is 5.15. The number of hydrazone groups is 1. The highest BCUT2D eigenvalue weighted by Gasteiger charge is 2.11. The molecule has 1 N–H and O–H groups in total. The SMILES string of the molecule is COc1cccc(/C=N\Nc2nc(-c3ccccc3)c(C)s2)c1OCc1cccc(C)c1. The molecule has 0 aliphatic heterocycles. The number of para-hydroxylation sites is 1. The zero-order valence-corrected chi connectivity index (χ0v) is 19.1. The Balaban J connectivity index is 1.50. The van der Waals surface area contributed by atoms with Crippen LogP contribution in [0.25, 0.3) is 11.3 Å². The van der Waals surface area contributed by atoms with Gasteiger partial charge in [0.1, 0.15) is 6.61 Å². The summed E-state index contributed by atoms with van der Waals surface area (Å²) in [6.45, 7) is 4.58. The zero-order valence-electron chi connectivity index (χ0n) is 18.3. The standard InChI is InChI=1S/C26H25N3O2S/c1-18-9-7-10-20(15-18)17-31-25-22(13-8-14-23(25)30-3)16-27-29-26-28-24(19(2)32-26)21-11-5-4-6-12-21/h4-16H,17H2,1-3H3,(H,28,29)/b27-16-. The fraction of sp³-hybridized carbons (Fsp3) is 0.154. The highest BCUT2D eigenvalue weighted by atomic mass is 32.1. The summed E-state index contributed by atoms with van der Waals surface area (Å²) in [7, 11) is 1.64. The first-order valence-electron chi connectivity index (χ1n) is 10.3. The second kappa shape index (κ2) is 10.1. The summed E-state index contributed by atoms with van der Waals surface area (Å²) in [5.74, 6) is 1.32. The van der Waals surface area contributed by atoms with E-state index in [1.54, 1.807) is 24.7 Å². The van der Waals surface area contributed by atoms with E-state index in [9.17, 15) is 0 Å². The van der Waals surface area contributed by atoms with Crippen LogP contribution >= 0.6 is 11.3 Å². The summed E-state index contributed by atoms with van der Waals surface area (Å²) < 4.78 is 11.6. The monoisotopic (exact) mass is 443 g/mol. The Bertz CT molecular complexity index is 1220. The number of rotatable bonds is 8. The van der Waals surface area contributed by atoms with Crippen molar-refractivity contribution in [3.63, 3.8) is 0 Å². The molecule has 4 rings (SSSR count). The van der Waals surface area contributed by atoms with Crippen LogP contribution in [0.2, 0.25) is 0 Å². The minimum atomic E-state index is 0.447. The molecule has 1 heterocycles. The van der Waals surface area contributed by atoms with Gasteiger partial charge in [-0.2, -0.15) is 5.10 Å². The van der Waals surface area contributed by atoms with Crippen LogP contribution in [0.4, 0.5) is 5.13 Å². The predicted molar refractivity (Wildman–Crippen MR) is 132 cm³/mol. The second-order valence-electron chi connectivity index (χ2n) is 7.32. The van der Waals surface area contributed by atoms with Gasteiger partial charge in [0, 0.05) is 16.0 Å². The molecular formula is C26H25N3O2S. The van der Waals surface area contributed by atoms with Crippen molar-refractivity contribution in [3.8, 4) is 22.8 Å². The summed E-state index contributed by atoms with van der Waals surface area (Å²) in [4.78, 5) is 5.83. The van der Waals surface area contributed by atoms with Gasteiger partial charge in [-0.05, 0) is 31.5 Å². The van der Waals surface area contributed by atoms with E-state index in [1.165, 1.54) is 5.56 Å². The van der Waals surface area contributed by atoms with Crippen LogP contribution in [-0.4, -0.2) is 18.3 Å². The van der Waals surface area contributed by atoms with E-state index >= 15 is 0 Å². The molecule has 0 saturated heterocycles. The average Bonchev–Trinajstić information content (AvgIpc) is 3.19. The number of aromatic nitrogens is 1. The Labute approximate surface area is 192 Å². The predicted octanol–water partition coefficient (Wildman–Crippen LogP) is 6.46. The van der Waals surface area contributed by atoms with Gasteiger partial charge in [-0.15, -0.1) is 11.3 Å². The Morgan fingerprint density at radius 3 is 2.59 bits per heavy atom. The number of benzene rings is 3. The molecule has 32 heavy (non-hydrogen) atoms. The van der Waals surface area contributed by atoms with Gasteiger partial charge in [0.25, 0.3) is 0 Å². The molecule has 0 spiro atoms. The van der Waals surface area contributed by atoms with Crippen LogP contribution in [0.1, 0.15) is 21.6 Å².